The third kappa shape index (κ3) is 3.46. The molecule has 0 fully saturated rings. The molecule has 1 aliphatic heterocycles. The first kappa shape index (κ1) is 17.4. The Bertz CT molecular complexity index is 995. The van der Waals surface area contributed by atoms with Gasteiger partial charge in [0.25, 0.3) is 0 Å². The summed E-state index contributed by atoms with van der Waals surface area (Å²) < 4.78 is 7.25. The van der Waals surface area contributed by atoms with Crippen molar-refractivity contribution in [3.05, 3.63) is 83.5 Å². The van der Waals surface area contributed by atoms with E-state index in [-0.39, 0.29) is 11.8 Å². The SMILES string of the molecule is C=CCOc1ccc(C2CC(=O)Nc3c2cnn3-c2cccc(Cl)c2)cc1. The summed E-state index contributed by atoms with van der Waals surface area (Å²) in [5, 5.41) is 8.05. The monoisotopic (exact) mass is 379 g/mol. The van der Waals surface area contributed by atoms with E-state index >= 15 is 0 Å². The molecule has 4 rings (SSSR count). The minimum atomic E-state index is -0.0601. The van der Waals surface area contributed by atoms with Crippen LogP contribution in [0.4, 0.5) is 5.82 Å². The van der Waals surface area contributed by atoms with Crippen LogP contribution in [-0.4, -0.2) is 22.3 Å². The summed E-state index contributed by atoms with van der Waals surface area (Å²) in [7, 11) is 0. The zero-order chi connectivity index (χ0) is 18.8. The van der Waals surface area contributed by atoms with Crippen LogP contribution < -0.4 is 10.1 Å². The fraction of sp³-hybridized carbons (Fsp3) is 0.143. The molecule has 136 valence electrons. The fourth-order valence-electron chi connectivity index (χ4n) is 3.27. The lowest BCUT2D eigenvalue weighted by Gasteiger charge is -2.24. The van der Waals surface area contributed by atoms with E-state index in [1.54, 1.807) is 16.8 Å². The third-order valence-corrected chi connectivity index (χ3v) is 4.76. The average Bonchev–Trinajstić information content (AvgIpc) is 3.10. The van der Waals surface area contributed by atoms with E-state index < -0.39 is 0 Å². The second kappa shape index (κ2) is 7.29. The summed E-state index contributed by atoms with van der Waals surface area (Å²) in [6, 6.07) is 15.2. The van der Waals surface area contributed by atoms with Crippen LogP contribution in [0.2, 0.25) is 5.02 Å². The molecule has 5 nitrogen and oxygen atoms in total. The Kier molecular flexibility index (Phi) is 4.69. The predicted octanol–water partition coefficient (Wildman–Crippen LogP) is 4.56. The molecular formula is C21H18ClN3O2. The van der Waals surface area contributed by atoms with Crippen molar-refractivity contribution in [3.63, 3.8) is 0 Å². The van der Waals surface area contributed by atoms with Crippen molar-refractivity contribution in [2.45, 2.75) is 12.3 Å². The molecule has 1 atom stereocenters. The van der Waals surface area contributed by atoms with Gasteiger partial charge in [-0.1, -0.05) is 42.5 Å². The maximum atomic E-state index is 12.4. The van der Waals surface area contributed by atoms with Crippen molar-refractivity contribution in [1.29, 1.82) is 0 Å². The first-order valence-electron chi connectivity index (χ1n) is 8.63. The maximum Gasteiger partial charge on any atom is 0.226 e. The number of nitrogens with one attached hydrogen (secondary N) is 1. The Hall–Kier alpha value is -3.05. The van der Waals surface area contributed by atoms with Gasteiger partial charge in [0.15, 0.2) is 0 Å². The van der Waals surface area contributed by atoms with E-state index in [1.807, 2.05) is 48.7 Å². The maximum absolute atomic E-state index is 12.4. The highest BCUT2D eigenvalue weighted by Crippen LogP contribution is 2.38. The number of carbonyl (C=O) groups is 1. The highest BCUT2D eigenvalue weighted by Gasteiger charge is 2.30. The number of rotatable bonds is 5. The van der Waals surface area contributed by atoms with E-state index in [0.29, 0.717) is 23.9 Å². The van der Waals surface area contributed by atoms with E-state index in [4.69, 9.17) is 16.3 Å². The molecule has 6 heteroatoms. The number of halogens is 1. The van der Waals surface area contributed by atoms with Crippen LogP contribution >= 0.6 is 11.6 Å². The van der Waals surface area contributed by atoms with Gasteiger partial charge < -0.3 is 10.1 Å². The summed E-state index contributed by atoms with van der Waals surface area (Å²) in [6.45, 7) is 4.11. The lowest BCUT2D eigenvalue weighted by atomic mass is 9.87. The van der Waals surface area contributed by atoms with Crippen LogP contribution in [0.15, 0.2) is 67.4 Å². The number of carbonyl (C=O) groups excluding carboxylic acids is 1. The number of hydrogen-bond acceptors (Lipinski definition) is 3. The Balaban J connectivity index is 1.70. The molecule has 0 saturated carbocycles. The number of aromatic nitrogens is 2. The minimum absolute atomic E-state index is 0.0386. The van der Waals surface area contributed by atoms with Crippen molar-refractivity contribution in [2.24, 2.45) is 0 Å². The van der Waals surface area contributed by atoms with E-state index in [1.165, 1.54) is 0 Å². The third-order valence-electron chi connectivity index (χ3n) is 4.52. The first-order valence-corrected chi connectivity index (χ1v) is 9.01. The van der Waals surface area contributed by atoms with Crippen LogP contribution in [0.3, 0.4) is 0 Å². The smallest absolute Gasteiger partial charge is 0.226 e. The topological polar surface area (TPSA) is 56.1 Å². The summed E-state index contributed by atoms with van der Waals surface area (Å²) in [5.74, 6) is 1.36. The first-order chi connectivity index (χ1) is 13.2. The second-order valence-corrected chi connectivity index (χ2v) is 6.75. The van der Waals surface area contributed by atoms with Gasteiger partial charge in [0.05, 0.1) is 11.9 Å². The molecular weight excluding hydrogens is 362 g/mol. The van der Waals surface area contributed by atoms with Gasteiger partial charge in [-0.3, -0.25) is 4.79 Å². The van der Waals surface area contributed by atoms with E-state index in [2.05, 4.69) is 17.0 Å². The molecule has 1 aliphatic rings. The number of ether oxygens (including phenoxy) is 1. The highest BCUT2D eigenvalue weighted by atomic mass is 35.5. The van der Waals surface area contributed by atoms with Crippen LogP contribution in [0.1, 0.15) is 23.5 Å². The van der Waals surface area contributed by atoms with Crippen LogP contribution in [0.5, 0.6) is 5.75 Å². The number of anilines is 1. The number of hydrogen-bond donors (Lipinski definition) is 1. The molecule has 2 heterocycles. The predicted molar refractivity (Wildman–Crippen MR) is 106 cm³/mol. The van der Waals surface area contributed by atoms with Gasteiger partial charge in [-0.05, 0) is 35.9 Å². The summed E-state index contributed by atoms with van der Waals surface area (Å²) in [4.78, 5) is 12.4. The number of benzene rings is 2. The van der Waals surface area contributed by atoms with Gasteiger partial charge >= 0.3 is 0 Å². The number of fused-ring (bicyclic) bond motifs is 1. The molecule has 0 saturated heterocycles. The minimum Gasteiger partial charge on any atom is -0.490 e. The Morgan fingerprint density at radius 3 is 2.85 bits per heavy atom. The van der Waals surface area contributed by atoms with Gasteiger partial charge in [0.2, 0.25) is 5.91 Å². The Labute approximate surface area is 162 Å². The van der Waals surface area contributed by atoms with Gasteiger partial charge in [0.1, 0.15) is 18.2 Å². The zero-order valence-corrected chi connectivity index (χ0v) is 15.3. The highest BCUT2D eigenvalue weighted by molar-refractivity contribution is 6.30. The molecule has 0 spiro atoms. The molecule has 0 aliphatic carbocycles. The average molecular weight is 380 g/mol. The van der Waals surface area contributed by atoms with Crippen molar-refractivity contribution in [1.82, 2.24) is 9.78 Å². The molecule has 1 unspecified atom stereocenters. The zero-order valence-electron chi connectivity index (χ0n) is 14.6. The Morgan fingerprint density at radius 1 is 1.30 bits per heavy atom. The molecule has 0 bridgehead atoms. The van der Waals surface area contributed by atoms with Crippen molar-refractivity contribution >= 4 is 23.3 Å². The van der Waals surface area contributed by atoms with Crippen LogP contribution in [0.25, 0.3) is 5.69 Å². The number of nitrogens with zero attached hydrogens (tertiary/aromatic N) is 2. The van der Waals surface area contributed by atoms with Crippen molar-refractivity contribution in [2.75, 3.05) is 11.9 Å². The van der Waals surface area contributed by atoms with E-state index in [9.17, 15) is 4.79 Å². The lowest BCUT2D eigenvalue weighted by molar-refractivity contribution is -0.116. The van der Waals surface area contributed by atoms with Crippen molar-refractivity contribution < 1.29 is 9.53 Å². The van der Waals surface area contributed by atoms with E-state index in [0.717, 1.165) is 22.6 Å². The summed E-state index contributed by atoms with van der Waals surface area (Å²) in [5.41, 5.74) is 2.83. The normalized spacial score (nSPS) is 15.7. The molecule has 1 N–H and O–H groups in total. The van der Waals surface area contributed by atoms with Crippen LogP contribution in [0, 0.1) is 0 Å². The quantitative estimate of drug-likeness (QED) is 0.661. The summed E-state index contributed by atoms with van der Waals surface area (Å²) in [6.07, 6.45) is 3.89. The molecule has 0 radical (unpaired) electrons. The van der Waals surface area contributed by atoms with Gasteiger partial charge in [0, 0.05) is 22.9 Å². The van der Waals surface area contributed by atoms with Crippen LogP contribution in [-0.2, 0) is 4.79 Å². The largest absolute Gasteiger partial charge is 0.490 e. The molecule has 2 aromatic carbocycles. The van der Waals surface area contributed by atoms with Gasteiger partial charge in [-0.2, -0.15) is 5.10 Å². The molecule has 1 amide bonds. The lowest BCUT2D eigenvalue weighted by Crippen LogP contribution is -2.24. The molecule has 3 aromatic rings. The fourth-order valence-corrected chi connectivity index (χ4v) is 3.46. The second-order valence-electron chi connectivity index (χ2n) is 6.31. The summed E-state index contributed by atoms with van der Waals surface area (Å²) >= 11 is 6.10. The van der Waals surface area contributed by atoms with Crippen molar-refractivity contribution in [3.8, 4) is 11.4 Å². The molecule has 1 aromatic heterocycles. The Morgan fingerprint density at radius 2 is 2.11 bits per heavy atom. The molecule has 27 heavy (non-hydrogen) atoms. The van der Waals surface area contributed by atoms with Gasteiger partial charge in [-0.25, -0.2) is 4.68 Å². The van der Waals surface area contributed by atoms with Gasteiger partial charge in [-0.15, -0.1) is 0 Å². The standard InChI is InChI=1S/C21H18ClN3O2/c1-2-10-27-17-8-6-14(7-9-17)18-12-20(26)24-21-19(18)13-23-25(21)16-5-3-4-15(22)11-16/h2-9,11,13,18H,1,10,12H2,(H,24,26). The number of amides is 1.